The van der Waals surface area contributed by atoms with Gasteiger partial charge in [-0.05, 0) is 6.55 Å². The molecule has 0 saturated heterocycles. The van der Waals surface area contributed by atoms with Crippen molar-refractivity contribution in [3.05, 3.63) is 12.3 Å². The van der Waals surface area contributed by atoms with Gasteiger partial charge in [0.15, 0.2) is 11.5 Å². The molecule has 0 aliphatic heterocycles. The van der Waals surface area contributed by atoms with Crippen LogP contribution in [0.2, 0.25) is 6.55 Å². The molecule has 13 heavy (non-hydrogen) atoms. The first-order valence-electron chi connectivity index (χ1n) is 3.88. The molecule has 0 amide bonds. The van der Waals surface area contributed by atoms with Crippen molar-refractivity contribution in [1.29, 1.82) is 0 Å². The maximum atomic E-state index is 10.7. The van der Waals surface area contributed by atoms with Crippen LogP contribution >= 0.6 is 0 Å². The van der Waals surface area contributed by atoms with Crippen LogP contribution in [-0.2, 0) is 18.4 Å². The molecule has 0 radical (unpaired) electrons. The number of carbonyl (C=O) groups is 1. The van der Waals surface area contributed by atoms with Gasteiger partial charge in [-0.25, -0.2) is 0 Å². The van der Waals surface area contributed by atoms with Crippen LogP contribution in [0.3, 0.4) is 0 Å². The van der Waals surface area contributed by atoms with Crippen LogP contribution in [0.15, 0.2) is 12.3 Å². The average molecular weight is 204 g/mol. The highest BCUT2D eigenvalue weighted by molar-refractivity contribution is 6.65. The quantitative estimate of drug-likeness (QED) is 0.368. The van der Waals surface area contributed by atoms with Gasteiger partial charge in [0, 0.05) is 21.1 Å². The largest absolute Gasteiger partial charge is 0.489 e. The molecule has 0 fully saturated rings. The minimum Gasteiger partial charge on any atom is -0.489 e. The third kappa shape index (κ3) is 4.21. The van der Waals surface area contributed by atoms with Crippen molar-refractivity contribution in [2.75, 3.05) is 20.4 Å². The Bertz CT molecular complexity index is 198. The minimum atomic E-state index is -2.24. The molecular formula is C8H16O4Si. The lowest BCUT2D eigenvalue weighted by Crippen LogP contribution is -2.42. The molecule has 0 bridgehead atoms. The Balaban J connectivity index is 4.00. The fourth-order valence-corrected chi connectivity index (χ4v) is 1.36. The van der Waals surface area contributed by atoms with Gasteiger partial charge < -0.3 is 13.6 Å². The first-order valence-corrected chi connectivity index (χ1v) is 6.40. The van der Waals surface area contributed by atoms with E-state index in [4.69, 9.17) is 13.6 Å². The maximum Gasteiger partial charge on any atom is 0.373 e. The SMILES string of the molecule is C=C(OC[Si](C)(OC)OC)C(C)=O. The van der Waals surface area contributed by atoms with Gasteiger partial charge in [0.1, 0.15) is 6.23 Å². The molecule has 4 nitrogen and oxygen atoms in total. The van der Waals surface area contributed by atoms with Crippen molar-refractivity contribution >= 4 is 14.3 Å². The van der Waals surface area contributed by atoms with Gasteiger partial charge in [0.05, 0.1) is 0 Å². The maximum absolute atomic E-state index is 10.7. The summed E-state index contributed by atoms with van der Waals surface area (Å²) in [5.41, 5.74) is 0. The zero-order valence-electron chi connectivity index (χ0n) is 8.55. The molecule has 0 spiro atoms. The van der Waals surface area contributed by atoms with Crippen LogP contribution in [0.1, 0.15) is 6.92 Å². The summed E-state index contributed by atoms with van der Waals surface area (Å²) in [7, 11) is 0.889. The Morgan fingerprint density at radius 3 is 2.15 bits per heavy atom. The Labute approximate surface area is 79.7 Å². The third-order valence-electron chi connectivity index (χ3n) is 1.76. The zero-order valence-corrected chi connectivity index (χ0v) is 9.55. The zero-order chi connectivity index (χ0) is 10.5. The molecule has 0 saturated carbocycles. The number of ether oxygens (including phenoxy) is 1. The summed E-state index contributed by atoms with van der Waals surface area (Å²) in [5.74, 6) is -0.0311. The molecule has 0 aromatic heterocycles. The van der Waals surface area contributed by atoms with Crippen molar-refractivity contribution in [3.63, 3.8) is 0 Å². The van der Waals surface area contributed by atoms with E-state index < -0.39 is 8.56 Å². The molecule has 0 atom stereocenters. The van der Waals surface area contributed by atoms with Crippen LogP contribution in [0, 0.1) is 0 Å². The Kier molecular flexibility index (Phi) is 4.90. The molecule has 0 unspecified atom stereocenters. The molecule has 5 heteroatoms. The smallest absolute Gasteiger partial charge is 0.373 e. The topological polar surface area (TPSA) is 44.8 Å². The number of ketones is 1. The Morgan fingerprint density at radius 1 is 1.38 bits per heavy atom. The number of Topliss-reactive ketones (excluding diaryl/α,β-unsaturated/α-hetero) is 1. The van der Waals surface area contributed by atoms with Gasteiger partial charge in [-0.2, -0.15) is 0 Å². The van der Waals surface area contributed by atoms with Crippen molar-refractivity contribution in [2.45, 2.75) is 13.5 Å². The number of hydrogen-bond donors (Lipinski definition) is 0. The van der Waals surface area contributed by atoms with Crippen LogP contribution in [0.25, 0.3) is 0 Å². The van der Waals surface area contributed by atoms with E-state index in [1.807, 2.05) is 6.55 Å². The van der Waals surface area contributed by atoms with E-state index >= 15 is 0 Å². The number of rotatable bonds is 6. The van der Waals surface area contributed by atoms with Gasteiger partial charge in [-0.3, -0.25) is 4.79 Å². The molecule has 76 valence electrons. The van der Waals surface area contributed by atoms with Crippen LogP contribution in [0.5, 0.6) is 0 Å². The van der Waals surface area contributed by atoms with E-state index in [1.165, 1.54) is 6.92 Å². The normalized spacial score (nSPS) is 11.1. The van der Waals surface area contributed by atoms with Crippen LogP contribution in [0.4, 0.5) is 0 Å². The predicted molar refractivity (Wildman–Crippen MR) is 51.4 cm³/mol. The molecule has 0 heterocycles. The summed E-state index contributed by atoms with van der Waals surface area (Å²) < 4.78 is 15.4. The second-order valence-corrected chi connectivity index (χ2v) is 6.18. The predicted octanol–water partition coefficient (Wildman–Crippen LogP) is 1.01. The summed E-state index contributed by atoms with van der Waals surface area (Å²) in [6, 6.07) is 0. The standard InChI is InChI=1S/C8H16O4Si/c1-7(9)8(2)12-6-13(5,10-3)11-4/h2,6H2,1,3-5H3. The van der Waals surface area contributed by atoms with E-state index in [-0.39, 0.29) is 17.8 Å². The Hall–Kier alpha value is -0.653. The first kappa shape index (κ1) is 12.3. The minimum absolute atomic E-state index is 0.146. The fraction of sp³-hybridized carbons (Fsp3) is 0.625. The molecule has 0 aliphatic rings. The van der Waals surface area contributed by atoms with E-state index in [0.29, 0.717) is 0 Å². The molecule has 0 N–H and O–H groups in total. The van der Waals surface area contributed by atoms with Crippen molar-refractivity contribution in [3.8, 4) is 0 Å². The highest BCUT2D eigenvalue weighted by Crippen LogP contribution is 2.07. The monoisotopic (exact) mass is 204 g/mol. The van der Waals surface area contributed by atoms with Crippen LogP contribution < -0.4 is 0 Å². The Morgan fingerprint density at radius 2 is 1.85 bits per heavy atom. The highest BCUT2D eigenvalue weighted by Gasteiger charge is 2.30. The fourth-order valence-electron chi connectivity index (χ4n) is 0.521. The van der Waals surface area contributed by atoms with Gasteiger partial charge in [0.25, 0.3) is 0 Å². The van der Waals surface area contributed by atoms with Gasteiger partial charge >= 0.3 is 8.56 Å². The van der Waals surface area contributed by atoms with Gasteiger partial charge in [-0.1, -0.05) is 6.58 Å². The molecule has 0 aromatic carbocycles. The number of hydrogen-bond acceptors (Lipinski definition) is 4. The molecule has 0 aromatic rings. The highest BCUT2D eigenvalue weighted by atomic mass is 28.4. The average Bonchev–Trinajstić information content (AvgIpc) is 2.13. The summed E-state index contributed by atoms with van der Waals surface area (Å²) in [4.78, 5) is 10.7. The summed E-state index contributed by atoms with van der Waals surface area (Å²) in [6.07, 6.45) is 0.276. The van der Waals surface area contributed by atoms with E-state index in [0.717, 1.165) is 0 Å². The van der Waals surface area contributed by atoms with Crippen molar-refractivity contribution < 1.29 is 18.4 Å². The molecular weight excluding hydrogens is 188 g/mol. The lowest BCUT2D eigenvalue weighted by molar-refractivity contribution is -0.116. The van der Waals surface area contributed by atoms with E-state index in [2.05, 4.69) is 6.58 Å². The summed E-state index contributed by atoms with van der Waals surface area (Å²) in [6.45, 7) is 6.72. The lowest BCUT2D eigenvalue weighted by atomic mass is 10.4. The third-order valence-corrected chi connectivity index (χ3v) is 4.16. The lowest BCUT2D eigenvalue weighted by Gasteiger charge is -2.22. The van der Waals surface area contributed by atoms with Gasteiger partial charge in [-0.15, -0.1) is 0 Å². The number of carbonyl (C=O) groups excluding carboxylic acids is 1. The second kappa shape index (κ2) is 5.16. The van der Waals surface area contributed by atoms with Crippen molar-refractivity contribution in [1.82, 2.24) is 0 Å². The van der Waals surface area contributed by atoms with E-state index in [1.54, 1.807) is 14.2 Å². The van der Waals surface area contributed by atoms with Crippen LogP contribution in [-0.4, -0.2) is 34.8 Å². The first-order chi connectivity index (χ1) is 5.95. The van der Waals surface area contributed by atoms with Crippen molar-refractivity contribution in [2.24, 2.45) is 0 Å². The molecule has 0 aliphatic carbocycles. The van der Waals surface area contributed by atoms with Gasteiger partial charge in [0.2, 0.25) is 0 Å². The van der Waals surface area contributed by atoms with E-state index in [9.17, 15) is 4.79 Å². The summed E-state index contributed by atoms with van der Waals surface area (Å²) in [5, 5.41) is 0. The second-order valence-electron chi connectivity index (χ2n) is 2.81. The molecule has 0 rings (SSSR count). The summed E-state index contributed by atoms with van der Waals surface area (Å²) >= 11 is 0. The number of allylic oxidation sites excluding steroid dienone is 1.